The topological polar surface area (TPSA) is 124 Å². The van der Waals surface area contributed by atoms with Gasteiger partial charge in [0.1, 0.15) is 36.4 Å². The van der Waals surface area contributed by atoms with Crippen molar-refractivity contribution in [3.8, 4) is 39.8 Å². The molecule has 0 aliphatic carbocycles. The van der Waals surface area contributed by atoms with E-state index in [0.717, 1.165) is 38.9 Å². The second-order valence-corrected chi connectivity index (χ2v) is 11.5. The SMILES string of the molecule is Cc1c(COc2cc(OCc3cncc(C#N)c3)c(C=O)cc2Cl)cccc1-c1cccc(-c2ccn3c(=O)c(C=O)cnc3c2)c1C. The molecule has 0 spiro atoms. The summed E-state index contributed by atoms with van der Waals surface area (Å²) in [6.45, 7) is 4.39. The maximum atomic E-state index is 12.5. The van der Waals surface area contributed by atoms with Gasteiger partial charge in [0.15, 0.2) is 12.6 Å². The first-order chi connectivity index (χ1) is 23.3. The van der Waals surface area contributed by atoms with E-state index in [4.69, 9.17) is 26.3 Å². The zero-order valence-corrected chi connectivity index (χ0v) is 26.7. The first-order valence-electron chi connectivity index (χ1n) is 14.8. The Kier molecular flexibility index (Phi) is 9.10. The summed E-state index contributed by atoms with van der Waals surface area (Å²) in [5, 5.41) is 9.42. The Morgan fingerprint density at radius 2 is 1.56 bits per heavy atom. The number of hydrogen-bond acceptors (Lipinski definition) is 8. The molecule has 236 valence electrons. The molecular formula is C38H27ClN4O5. The lowest BCUT2D eigenvalue weighted by molar-refractivity contribution is 0.111. The zero-order chi connectivity index (χ0) is 33.8. The van der Waals surface area contributed by atoms with Gasteiger partial charge in [-0.05, 0) is 77.1 Å². The Morgan fingerprint density at radius 1 is 0.833 bits per heavy atom. The van der Waals surface area contributed by atoms with Crippen LogP contribution in [-0.4, -0.2) is 26.9 Å². The molecule has 10 heteroatoms. The van der Waals surface area contributed by atoms with Crippen molar-refractivity contribution in [1.82, 2.24) is 14.4 Å². The first-order valence-corrected chi connectivity index (χ1v) is 15.2. The molecule has 0 N–H and O–H groups in total. The Bertz CT molecular complexity index is 2330. The molecule has 48 heavy (non-hydrogen) atoms. The normalized spacial score (nSPS) is 10.8. The van der Waals surface area contributed by atoms with Crippen molar-refractivity contribution in [3.63, 3.8) is 0 Å². The number of hydrogen-bond donors (Lipinski definition) is 0. The minimum absolute atomic E-state index is 0.00327. The fourth-order valence-corrected chi connectivity index (χ4v) is 5.76. The van der Waals surface area contributed by atoms with Crippen molar-refractivity contribution in [3.05, 3.63) is 146 Å². The fraction of sp³-hybridized carbons (Fsp3) is 0.105. The molecule has 0 radical (unpaired) electrons. The summed E-state index contributed by atoms with van der Waals surface area (Å²) in [6, 6.07) is 22.6. The first kappa shape index (κ1) is 31.9. The second-order valence-electron chi connectivity index (χ2n) is 11.1. The van der Waals surface area contributed by atoms with Crippen LogP contribution in [0, 0.1) is 25.2 Å². The molecule has 0 unspecified atom stereocenters. The summed E-state index contributed by atoms with van der Waals surface area (Å²) in [7, 11) is 0. The number of nitrogens with zero attached hydrogens (tertiary/aromatic N) is 4. The molecule has 0 fully saturated rings. The average Bonchev–Trinajstić information content (AvgIpc) is 3.11. The van der Waals surface area contributed by atoms with Gasteiger partial charge in [0.05, 0.1) is 21.7 Å². The van der Waals surface area contributed by atoms with Crippen molar-refractivity contribution in [2.75, 3.05) is 0 Å². The Morgan fingerprint density at radius 3 is 2.33 bits per heavy atom. The summed E-state index contributed by atoms with van der Waals surface area (Å²) < 4.78 is 13.4. The van der Waals surface area contributed by atoms with Gasteiger partial charge in [0.25, 0.3) is 5.56 Å². The molecule has 0 atom stereocenters. The molecule has 0 saturated carbocycles. The van der Waals surface area contributed by atoms with E-state index < -0.39 is 5.56 Å². The quantitative estimate of drug-likeness (QED) is 0.141. The standard InChI is InChI=1S/C38H27ClN4O5/c1-23-28(22-48-36-14-35(29(19-44)12-34(36)39)47-21-26-11-25(15-40)16-41-17-26)5-3-7-32(23)33-8-4-6-31(24(33)2)27-9-10-43-37(13-27)42-18-30(20-45)38(43)46/h3-14,16-20H,21-22H2,1-2H3. The molecule has 0 amide bonds. The van der Waals surface area contributed by atoms with Crippen LogP contribution in [-0.2, 0) is 13.2 Å². The lowest BCUT2D eigenvalue weighted by atomic mass is 9.90. The van der Waals surface area contributed by atoms with Crippen LogP contribution in [0.5, 0.6) is 11.5 Å². The van der Waals surface area contributed by atoms with Crippen molar-refractivity contribution < 1.29 is 19.1 Å². The molecule has 9 nitrogen and oxygen atoms in total. The highest BCUT2D eigenvalue weighted by molar-refractivity contribution is 6.32. The number of ether oxygens (including phenoxy) is 2. The monoisotopic (exact) mass is 654 g/mol. The van der Waals surface area contributed by atoms with E-state index in [1.165, 1.54) is 22.9 Å². The predicted molar refractivity (Wildman–Crippen MR) is 182 cm³/mol. The lowest BCUT2D eigenvalue weighted by Gasteiger charge is -2.17. The maximum Gasteiger partial charge on any atom is 0.268 e. The number of aromatic nitrogens is 3. The van der Waals surface area contributed by atoms with Gasteiger partial charge in [-0.25, -0.2) is 4.98 Å². The summed E-state index contributed by atoms with van der Waals surface area (Å²) in [5.41, 5.74) is 8.33. The van der Waals surface area contributed by atoms with Crippen LogP contribution < -0.4 is 15.0 Å². The number of aldehydes is 2. The minimum atomic E-state index is -0.411. The largest absolute Gasteiger partial charge is 0.488 e. The second kappa shape index (κ2) is 13.7. The van der Waals surface area contributed by atoms with Gasteiger partial charge in [-0.3, -0.25) is 23.8 Å². The van der Waals surface area contributed by atoms with Crippen LogP contribution in [0.4, 0.5) is 0 Å². The average molecular weight is 655 g/mol. The highest BCUT2D eigenvalue weighted by atomic mass is 35.5. The van der Waals surface area contributed by atoms with Crippen LogP contribution in [0.25, 0.3) is 27.9 Å². The van der Waals surface area contributed by atoms with Crippen LogP contribution >= 0.6 is 11.6 Å². The zero-order valence-electron chi connectivity index (χ0n) is 25.9. The lowest BCUT2D eigenvalue weighted by Crippen LogP contribution is -2.18. The van der Waals surface area contributed by atoms with Gasteiger partial charge >= 0.3 is 0 Å². The van der Waals surface area contributed by atoms with Gasteiger partial charge in [-0.15, -0.1) is 0 Å². The molecule has 3 heterocycles. The van der Waals surface area contributed by atoms with Gasteiger partial charge < -0.3 is 9.47 Å². The highest BCUT2D eigenvalue weighted by Crippen LogP contribution is 2.36. The van der Waals surface area contributed by atoms with Crippen LogP contribution in [0.2, 0.25) is 5.02 Å². The van der Waals surface area contributed by atoms with E-state index in [2.05, 4.69) is 29.0 Å². The van der Waals surface area contributed by atoms with E-state index >= 15 is 0 Å². The third-order valence-electron chi connectivity index (χ3n) is 8.14. The predicted octanol–water partition coefficient (Wildman–Crippen LogP) is 7.35. The third kappa shape index (κ3) is 6.30. The van der Waals surface area contributed by atoms with E-state index in [9.17, 15) is 14.4 Å². The summed E-state index contributed by atoms with van der Waals surface area (Å²) >= 11 is 6.50. The number of pyridine rings is 2. The Balaban J connectivity index is 1.26. The van der Waals surface area contributed by atoms with E-state index in [-0.39, 0.29) is 29.4 Å². The van der Waals surface area contributed by atoms with Crippen molar-refractivity contribution >= 4 is 29.8 Å². The summed E-state index contributed by atoms with van der Waals surface area (Å²) in [5.74, 6) is 0.649. The van der Waals surface area contributed by atoms with Crippen LogP contribution in [0.3, 0.4) is 0 Å². The van der Waals surface area contributed by atoms with E-state index in [0.29, 0.717) is 40.8 Å². The smallest absolute Gasteiger partial charge is 0.268 e. The molecule has 0 saturated heterocycles. The number of carbonyl (C=O) groups excluding carboxylic acids is 2. The molecule has 0 aliphatic rings. The van der Waals surface area contributed by atoms with Gasteiger partial charge in [-0.1, -0.05) is 48.0 Å². The van der Waals surface area contributed by atoms with Crippen molar-refractivity contribution in [2.24, 2.45) is 0 Å². The van der Waals surface area contributed by atoms with Crippen molar-refractivity contribution in [1.29, 1.82) is 5.26 Å². The number of rotatable bonds is 10. The van der Waals surface area contributed by atoms with Crippen LogP contribution in [0.15, 0.2) is 96.3 Å². The number of nitriles is 1. The summed E-state index contributed by atoms with van der Waals surface area (Å²) in [6.07, 6.45) is 7.15. The molecule has 3 aromatic heterocycles. The van der Waals surface area contributed by atoms with Gasteiger partial charge in [0, 0.05) is 36.4 Å². The van der Waals surface area contributed by atoms with E-state index in [1.807, 2.05) is 49.4 Å². The molecule has 3 aromatic carbocycles. The van der Waals surface area contributed by atoms with Crippen molar-refractivity contribution in [2.45, 2.75) is 27.1 Å². The number of fused-ring (bicyclic) bond motifs is 1. The minimum Gasteiger partial charge on any atom is -0.488 e. The summed E-state index contributed by atoms with van der Waals surface area (Å²) in [4.78, 5) is 43.8. The Hall–Kier alpha value is -6.11. The highest BCUT2D eigenvalue weighted by Gasteiger charge is 2.16. The number of carbonyl (C=O) groups is 2. The van der Waals surface area contributed by atoms with Gasteiger partial charge in [-0.2, -0.15) is 5.26 Å². The molecule has 0 bridgehead atoms. The molecule has 6 aromatic rings. The fourth-order valence-electron chi connectivity index (χ4n) is 5.53. The van der Waals surface area contributed by atoms with Crippen LogP contribution in [0.1, 0.15) is 48.5 Å². The maximum absolute atomic E-state index is 12.5. The molecule has 0 aliphatic heterocycles. The molecule has 6 rings (SSSR count). The molecular weight excluding hydrogens is 628 g/mol. The van der Waals surface area contributed by atoms with E-state index in [1.54, 1.807) is 24.5 Å². The number of halogens is 1. The number of benzene rings is 3. The third-order valence-corrected chi connectivity index (χ3v) is 8.43. The Labute approximate surface area is 280 Å². The van der Waals surface area contributed by atoms with Gasteiger partial charge in [0.2, 0.25) is 0 Å².